The number of carbonyl (C=O) groups excluding carboxylic acids is 2. The van der Waals surface area contributed by atoms with Crippen LogP contribution in [0.25, 0.3) is 0 Å². The van der Waals surface area contributed by atoms with Crippen molar-refractivity contribution >= 4 is 11.8 Å². The van der Waals surface area contributed by atoms with Crippen molar-refractivity contribution in [3.05, 3.63) is 35.0 Å². The first kappa shape index (κ1) is 15.8. The van der Waals surface area contributed by atoms with Gasteiger partial charge in [0.25, 0.3) is 11.8 Å². The number of amides is 2. The van der Waals surface area contributed by atoms with E-state index in [-0.39, 0.29) is 11.8 Å². The summed E-state index contributed by atoms with van der Waals surface area (Å²) in [6, 6.07) is 3.40. The minimum absolute atomic E-state index is 0.0878. The predicted octanol–water partition coefficient (Wildman–Crippen LogP) is 0.308. The van der Waals surface area contributed by atoms with Gasteiger partial charge in [-0.25, -0.2) is 0 Å². The van der Waals surface area contributed by atoms with Gasteiger partial charge in [0.05, 0.1) is 32.0 Å². The maximum atomic E-state index is 12.5. The quantitative estimate of drug-likeness (QED) is 0.777. The summed E-state index contributed by atoms with van der Waals surface area (Å²) in [6.45, 7) is 5.48. The Morgan fingerprint density at radius 2 is 1.76 bits per heavy atom. The summed E-state index contributed by atoms with van der Waals surface area (Å²) in [7, 11) is 0. The van der Waals surface area contributed by atoms with Crippen molar-refractivity contribution in [2.75, 3.05) is 32.8 Å². The molecule has 132 valence electrons. The lowest BCUT2D eigenvalue weighted by Crippen LogP contribution is -2.41. The lowest BCUT2D eigenvalue weighted by Gasteiger charge is -2.26. The maximum Gasteiger partial charge on any atom is 0.276 e. The number of rotatable bonds is 2. The number of carbonyl (C=O) groups is 2. The number of aromatic nitrogens is 3. The molecule has 0 bridgehead atoms. The normalized spacial score (nSPS) is 17.5. The molecule has 9 heteroatoms. The molecule has 4 rings (SSSR count). The van der Waals surface area contributed by atoms with Gasteiger partial charge < -0.3 is 19.1 Å². The zero-order valence-electron chi connectivity index (χ0n) is 14.0. The maximum absolute atomic E-state index is 12.5. The summed E-state index contributed by atoms with van der Waals surface area (Å²) in [5.74, 6) is 0.337. The summed E-state index contributed by atoms with van der Waals surface area (Å²) < 4.78 is 12.0. The fourth-order valence-corrected chi connectivity index (χ4v) is 3.10. The molecule has 0 atom stereocenters. The smallest absolute Gasteiger partial charge is 0.276 e. The minimum atomic E-state index is -0.176. The Balaban J connectivity index is 1.49. The second-order valence-electron chi connectivity index (χ2n) is 6.20. The molecule has 0 aliphatic carbocycles. The van der Waals surface area contributed by atoms with Gasteiger partial charge in [0.1, 0.15) is 5.76 Å². The Bertz CT molecular complexity index is 805. The molecule has 2 aromatic rings. The molecule has 0 radical (unpaired) electrons. The van der Waals surface area contributed by atoms with Crippen LogP contribution < -0.4 is 0 Å². The number of morpholine rings is 1. The third-order valence-electron chi connectivity index (χ3n) is 4.45. The molecule has 0 spiro atoms. The van der Waals surface area contributed by atoms with Crippen LogP contribution in [0.2, 0.25) is 0 Å². The standard InChI is InChI=1S/C16H19N5O4/c1-11-8-14(18-25-11)16(23)20-2-3-21-12(10-20)9-13(17-21)15(22)19-4-6-24-7-5-19/h8-9H,2-7,10H2,1H3. The molecule has 2 aromatic heterocycles. The number of aryl methyl sites for hydroxylation is 1. The molecule has 2 aliphatic rings. The van der Waals surface area contributed by atoms with Crippen molar-refractivity contribution in [2.24, 2.45) is 0 Å². The average Bonchev–Trinajstić information content (AvgIpc) is 3.26. The molecule has 2 aliphatic heterocycles. The SMILES string of the molecule is Cc1cc(C(=O)N2CCn3nc(C(=O)N4CCOCC4)cc3C2)no1. The number of hydrogen-bond acceptors (Lipinski definition) is 6. The zero-order chi connectivity index (χ0) is 17.4. The van der Waals surface area contributed by atoms with E-state index in [1.807, 2.05) is 0 Å². The Morgan fingerprint density at radius 1 is 1.00 bits per heavy atom. The topological polar surface area (TPSA) is 93.7 Å². The fraction of sp³-hybridized carbons (Fsp3) is 0.500. The second kappa shape index (κ2) is 6.32. The lowest BCUT2D eigenvalue weighted by molar-refractivity contribution is 0.0298. The van der Waals surface area contributed by atoms with Crippen LogP contribution in [0.15, 0.2) is 16.7 Å². The molecule has 2 amide bonds. The van der Waals surface area contributed by atoms with Crippen molar-refractivity contribution in [3.63, 3.8) is 0 Å². The Hall–Kier alpha value is -2.68. The molecule has 1 saturated heterocycles. The van der Waals surface area contributed by atoms with Crippen LogP contribution in [0.1, 0.15) is 32.4 Å². The highest BCUT2D eigenvalue weighted by atomic mass is 16.5. The Kier molecular flexibility index (Phi) is 4.00. The number of fused-ring (bicyclic) bond motifs is 1. The van der Waals surface area contributed by atoms with Gasteiger partial charge in [0, 0.05) is 25.7 Å². The number of ether oxygens (including phenoxy) is 1. The van der Waals surface area contributed by atoms with Crippen LogP contribution >= 0.6 is 0 Å². The minimum Gasteiger partial charge on any atom is -0.378 e. The third kappa shape index (κ3) is 3.02. The highest BCUT2D eigenvalue weighted by Crippen LogP contribution is 2.17. The van der Waals surface area contributed by atoms with Gasteiger partial charge >= 0.3 is 0 Å². The second-order valence-corrected chi connectivity index (χ2v) is 6.20. The van der Waals surface area contributed by atoms with Gasteiger partial charge in [0.2, 0.25) is 0 Å². The molecule has 0 saturated carbocycles. The van der Waals surface area contributed by atoms with Gasteiger partial charge in [-0.05, 0) is 13.0 Å². The predicted molar refractivity (Wildman–Crippen MR) is 84.9 cm³/mol. The molecule has 0 unspecified atom stereocenters. The lowest BCUT2D eigenvalue weighted by atomic mass is 10.2. The van der Waals surface area contributed by atoms with E-state index >= 15 is 0 Å². The number of nitrogens with zero attached hydrogens (tertiary/aromatic N) is 5. The van der Waals surface area contributed by atoms with Crippen LogP contribution in [0.5, 0.6) is 0 Å². The molecule has 25 heavy (non-hydrogen) atoms. The van der Waals surface area contributed by atoms with E-state index < -0.39 is 0 Å². The van der Waals surface area contributed by atoms with Crippen molar-refractivity contribution < 1.29 is 18.8 Å². The van der Waals surface area contributed by atoms with Crippen LogP contribution in [0.4, 0.5) is 0 Å². The molecular weight excluding hydrogens is 326 g/mol. The molecule has 9 nitrogen and oxygen atoms in total. The third-order valence-corrected chi connectivity index (χ3v) is 4.45. The van der Waals surface area contributed by atoms with E-state index in [0.29, 0.717) is 63.1 Å². The van der Waals surface area contributed by atoms with Crippen molar-refractivity contribution in [1.82, 2.24) is 24.7 Å². The average molecular weight is 345 g/mol. The van der Waals surface area contributed by atoms with E-state index in [0.717, 1.165) is 5.69 Å². The number of hydrogen-bond donors (Lipinski definition) is 0. The summed E-state index contributed by atoms with van der Waals surface area (Å²) in [4.78, 5) is 28.5. The van der Waals surface area contributed by atoms with Crippen molar-refractivity contribution in [3.8, 4) is 0 Å². The molecule has 4 heterocycles. The van der Waals surface area contributed by atoms with Gasteiger partial charge in [-0.3, -0.25) is 14.3 Å². The summed E-state index contributed by atoms with van der Waals surface area (Å²) in [5, 5.41) is 8.19. The summed E-state index contributed by atoms with van der Waals surface area (Å²) in [6.07, 6.45) is 0. The van der Waals surface area contributed by atoms with Crippen molar-refractivity contribution in [2.45, 2.75) is 20.0 Å². The highest BCUT2D eigenvalue weighted by molar-refractivity contribution is 5.93. The zero-order valence-corrected chi connectivity index (χ0v) is 14.0. The van der Waals surface area contributed by atoms with Gasteiger partial charge in [-0.1, -0.05) is 5.16 Å². The van der Waals surface area contributed by atoms with E-state index in [1.165, 1.54) is 0 Å². The molecule has 0 N–H and O–H groups in total. The molecule has 1 fully saturated rings. The van der Waals surface area contributed by atoms with E-state index in [1.54, 1.807) is 33.5 Å². The van der Waals surface area contributed by atoms with E-state index in [4.69, 9.17) is 9.26 Å². The van der Waals surface area contributed by atoms with Gasteiger partial charge in [-0.15, -0.1) is 0 Å². The highest BCUT2D eigenvalue weighted by Gasteiger charge is 2.28. The van der Waals surface area contributed by atoms with E-state index in [2.05, 4.69) is 10.3 Å². The largest absolute Gasteiger partial charge is 0.378 e. The first-order valence-corrected chi connectivity index (χ1v) is 8.28. The molecule has 0 aromatic carbocycles. The first-order chi connectivity index (χ1) is 12.1. The van der Waals surface area contributed by atoms with Gasteiger partial charge in [-0.2, -0.15) is 5.10 Å². The monoisotopic (exact) mass is 345 g/mol. The van der Waals surface area contributed by atoms with Gasteiger partial charge in [0.15, 0.2) is 11.4 Å². The Labute approximate surface area is 144 Å². The van der Waals surface area contributed by atoms with Crippen molar-refractivity contribution in [1.29, 1.82) is 0 Å². The summed E-state index contributed by atoms with van der Waals surface area (Å²) in [5.41, 5.74) is 1.56. The van der Waals surface area contributed by atoms with Crippen LogP contribution in [0.3, 0.4) is 0 Å². The molecular formula is C16H19N5O4. The fourth-order valence-electron chi connectivity index (χ4n) is 3.10. The Morgan fingerprint density at radius 3 is 2.48 bits per heavy atom. The van der Waals surface area contributed by atoms with Crippen LogP contribution in [-0.2, 0) is 17.8 Å². The summed E-state index contributed by atoms with van der Waals surface area (Å²) >= 11 is 0. The van der Waals surface area contributed by atoms with Crippen LogP contribution in [-0.4, -0.2) is 69.4 Å². The first-order valence-electron chi connectivity index (χ1n) is 8.28. The van der Waals surface area contributed by atoms with E-state index in [9.17, 15) is 9.59 Å². The van der Waals surface area contributed by atoms with Crippen LogP contribution in [0, 0.1) is 6.92 Å².